The first-order valence-electron chi connectivity index (χ1n) is 11.2. The number of carbonyl (C=O) groups excluding carboxylic acids is 1. The van der Waals surface area contributed by atoms with E-state index in [2.05, 4.69) is 21.5 Å². The summed E-state index contributed by atoms with van der Waals surface area (Å²) < 4.78 is 0. The molecule has 0 saturated heterocycles. The summed E-state index contributed by atoms with van der Waals surface area (Å²) in [6, 6.07) is 18.8. The molecule has 1 amide bonds. The fourth-order valence-electron chi connectivity index (χ4n) is 4.34. The van der Waals surface area contributed by atoms with Crippen LogP contribution in [0.4, 0.5) is 5.69 Å². The van der Waals surface area contributed by atoms with Crippen LogP contribution in [0.3, 0.4) is 0 Å². The van der Waals surface area contributed by atoms with Crippen molar-refractivity contribution in [2.24, 2.45) is 5.41 Å². The van der Waals surface area contributed by atoms with Crippen molar-refractivity contribution in [2.45, 2.75) is 26.8 Å². The standard InChI is InChI=1S/C28H26N4O2/c1-17(28(2,3)4)24-25(19-10-8-18(9-11-19)21-7-5-6-14-29-21)32(27(34)26(24)33)20-12-13-22-23(15-20)31-16-30-22/h5-16,25,33H,1H2,2-4H3,(H,30,31). The van der Waals surface area contributed by atoms with Crippen LogP contribution in [0.25, 0.3) is 22.3 Å². The van der Waals surface area contributed by atoms with Gasteiger partial charge in [-0.2, -0.15) is 0 Å². The zero-order chi connectivity index (χ0) is 24.0. The van der Waals surface area contributed by atoms with E-state index in [-0.39, 0.29) is 11.2 Å². The summed E-state index contributed by atoms with van der Waals surface area (Å²) >= 11 is 0. The number of imidazole rings is 1. The molecule has 1 unspecified atom stereocenters. The fraction of sp³-hybridized carbons (Fsp3) is 0.179. The molecule has 3 heterocycles. The van der Waals surface area contributed by atoms with Crippen molar-refractivity contribution < 1.29 is 9.90 Å². The molecular formula is C28H26N4O2. The van der Waals surface area contributed by atoms with E-state index in [1.165, 1.54) is 0 Å². The molecule has 2 N–H and O–H groups in total. The second-order valence-electron chi connectivity index (χ2n) is 9.51. The number of H-pyrrole nitrogens is 1. The Bertz CT molecular complexity index is 1430. The largest absolute Gasteiger partial charge is 0.503 e. The third-order valence-electron chi connectivity index (χ3n) is 6.31. The van der Waals surface area contributed by atoms with Gasteiger partial charge in [0.15, 0.2) is 5.76 Å². The maximum absolute atomic E-state index is 13.4. The number of pyridine rings is 1. The van der Waals surface area contributed by atoms with E-state index in [1.807, 2.05) is 81.4 Å². The van der Waals surface area contributed by atoms with E-state index in [9.17, 15) is 9.90 Å². The minimum Gasteiger partial charge on any atom is -0.503 e. The van der Waals surface area contributed by atoms with Crippen LogP contribution >= 0.6 is 0 Å². The molecule has 6 nitrogen and oxygen atoms in total. The lowest BCUT2D eigenvalue weighted by atomic mass is 9.79. The van der Waals surface area contributed by atoms with Crippen LogP contribution in [0.15, 0.2) is 96.7 Å². The van der Waals surface area contributed by atoms with Crippen LogP contribution in [0, 0.1) is 5.41 Å². The molecule has 34 heavy (non-hydrogen) atoms. The third kappa shape index (κ3) is 3.57. The Morgan fingerprint density at radius 1 is 1.06 bits per heavy atom. The summed E-state index contributed by atoms with van der Waals surface area (Å²) in [6.45, 7) is 10.4. The Balaban J connectivity index is 1.64. The minimum atomic E-state index is -0.516. The van der Waals surface area contributed by atoms with Gasteiger partial charge in [0.05, 0.1) is 29.1 Å². The van der Waals surface area contributed by atoms with Crippen molar-refractivity contribution >= 4 is 22.6 Å². The molecule has 6 heteroatoms. The smallest absolute Gasteiger partial charge is 0.294 e. The SMILES string of the molecule is C=C(C1=C(O)C(=O)N(c2ccc3nc[nH]c3c2)C1c1ccc(-c2ccccn2)cc1)C(C)(C)C. The summed E-state index contributed by atoms with van der Waals surface area (Å²) in [5.41, 5.74) is 5.96. The van der Waals surface area contributed by atoms with Crippen molar-refractivity contribution in [3.05, 3.63) is 102 Å². The first-order valence-corrected chi connectivity index (χ1v) is 11.2. The molecule has 0 radical (unpaired) electrons. The second-order valence-corrected chi connectivity index (χ2v) is 9.51. The quantitative estimate of drug-likeness (QED) is 0.392. The van der Waals surface area contributed by atoms with Gasteiger partial charge in [0.25, 0.3) is 5.91 Å². The van der Waals surface area contributed by atoms with E-state index in [0.29, 0.717) is 11.3 Å². The number of benzene rings is 2. The van der Waals surface area contributed by atoms with Gasteiger partial charge in [-0.15, -0.1) is 0 Å². The van der Waals surface area contributed by atoms with Gasteiger partial charge in [-0.1, -0.05) is 57.7 Å². The molecule has 170 valence electrons. The van der Waals surface area contributed by atoms with Crippen molar-refractivity contribution in [1.82, 2.24) is 15.0 Å². The third-order valence-corrected chi connectivity index (χ3v) is 6.31. The normalized spacial score (nSPS) is 16.5. The van der Waals surface area contributed by atoms with Crippen LogP contribution in [0.1, 0.15) is 32.4 Å². The lowest BCUT2D eigenvalue weighted by Crippen LogP contribution is -2.30. The number of fused-ring (bicyclic) bond motifs is 1. The highest BCUT2D eigenvalue weighted by atomic mass is 16.3. The summed E-state index contributed by atoms with van der Waals surface area (Å²) in [5.74, 6) is -0.707. The van der Waals surface area contributed by atoms with Gasteiger partial charge in [-0.25, -0.2) is 4.98 Å². The topological polar surface area (TPSA) is 82.1 Å². The van der Waals surface area contributed by atoms with Crippen molar-refractivity contribution in [2.75, 3.05) is 4.90 Å². The van der Waals surface area contributed by atoms with Crippen LogP contribution in [0.2, 0.25) is 0 Å². The minimum absolute atomic E-state index is 0.261. The van der Waals surface area contributed by atoms with Crippen LogP contribution in [-0.4, -0.2) is 26.0 Å². The van der Waals surface area contributed by atoms with Crippen LogP contribution < -0.4 is 4.90 Å². The zero-order valence-corrected chi connectivity index (χ0v) is 19.4. The molecule has 0 spiro atoms. The molecule has 4 aromatic rings. The monoisotopic (exact) mass is 450 g/mol. The molecule has 1 atom stereocenters. The Kier molecular flexibility index (Phi) is 5.09. The highest BCUT2D eigenvalue weighted by molar-refractivity contribution is 6.10. The Labute approximate surface area is 198 Å². The number of nitrogens with zero attached hydrogens (tertiary/aromatic N) is 3. The van der Waals surface area contributed by atoms with E-state index in [1.54, 1.807) is 17.4 Å². The van der Waals surface area contributed by atoms with Gasteiger partial charge >= 0.3 is 0 Å². The second kappa shape index (κ2) is 7.99. The predicted molar refractivity (Wildman–Crippen MR) is 134 cm³/mol. The molecular weight excluding hydrogens is 424 g/mol. The molecule has 0 bridgehead atoms. The molecule has 0 aliphatic carbocycles. The number of nitrogens with one attached hydrogen (secondary N) is 1. The van der Waals surface area contributed by atoms with Crippen molar-refractivity contribution in [1.29, 1.82) is 0 Å². The van der Waals surface area contributed by atoms with E-state index >= 15 is 0 Å². The first-order chi connectivity index (χ1) is 16.3. The first kappa shape index (κ1) is 21.6. The number of amides is 1. The average molecular weight is 451 g/mol. The maximum atomic E-state index is 13.4. The van der Waals surface area contributed by atoms with Crippen molar-refractivity contribution in [3.8, 4) is 11.3 Å². The Morgan fingerprint density at radius 2 is 1.82 bits per heavy atom. The van der Waals surface area contributed by atoms with Crippen LogP contribution in [0.5, 0.6) is 0 Å². The number of hydrogen-bond acceptors (Lipinski definition) is 4. The van der Waals surface area contributed by atoms with Gasteiger partial charge in [-0.3, -0.25) is 14.7 Å². The number of aliphatic hydroxyl groups is 1. The van der Waals surface area contributed by atoms with Gasteiger partial charge < -0.3 is 10.1 Å². The molecule has 0 saturated carbocycles. The van der Waals surface area contributed by atoms with E-state index < -0.39 is 11.9 Å². The lowest BCUT2D eigenvalue weighted by Gasteiger charge is -2.31. The van der Waals surface area contributed by atoms with Gasteiger partial charge in [-0.05, 0) is 46.9 Å². The van der Waals surface area contributed by atoms with Crippen LogP contribution in [-0.2, 0) is 4.79 Å². The van der Waals surface area contributed by atoms with Gasteiger partial charge in [0.1, 0.15) is 0 Å². The Morgan fingerprint density at radius 3 is 2.50 bits per heavy atom. The summed E-state index contributed by atoms with van der Waals surface area (Å²) in [6.07, 6.45) is 3.38. The number of carbonyl (C=O) groups is 1. The maximum Gasteiger partial charge on any atom is 0.294 e. The molecule has 2 aromatic heterocycles. The zero-order valence-electron chi connectivity index (χ0n) is 19.4. The molecule has 5 rings (SSSR count). The number of aromatic amines is 1. The summed E-state index contributed by atoms with van der Waals surface area (Å²) in [4.78, 5) is 26.9. The number of aliphatic hydroxyl groups excluding tert-OH is 1. The molecule has 1 aliphatic rings. The Hall–Kier alpha value is -4.19. The average Bonchev–Trinajstić information content (AvgIpc) is 3.40. The number of rotatable bonds is 4. The number of hydrogen-bond donors (Lipinski definition) is 2. The lowest BCUT2D eigenvalue weighted by molar-refractivity contribution is -0.117. The number of anilines is 1. The summed E-state index contributed by atoms with van der Waals surface area (Å²) in [7, 11) is 0. The molecule has 0 fully saturated rings. The molecule has 1 aliphatic heterocycles. The highest BCUT2D eigenvalue weighted by Gasteiger charge is 2.44. The highest BCUT2D eigenvalue weighted by Crippen LogP contribution is 2.47. The van der Waals surface area contributed by atoms with Crippen molar-refractivity contribution in [3.63, 3.8) is 0 Å². The summed E-state index contributed by atoms with van der Waals surface area (Å²) in [5, 5.41) is 11.1. The predicted octanol–water partition coefficient (Wildman–Crippen LogP) is 6.13. The molecule has 2 aromatic carbocycles. The van der Waals surface area contributed by atoms with E-state index in [4.69, 9.17) is 0 Å². The van der Waals surface area contributed by atoms with Gasteiger partial charge in [0, 0.05) is 23.0 Å². The van der Waals surface area contributed by atoms with E-state index in [0.717, 1.165) is 33.4 Å². The number of aromatic nitrogens is 3. The van der Waals surface area contributed by atoms with Gasteiger partial charge in [0.2, 0.25) is 0 Å². The fourth-order valence-corrected chi connectivity index (χ4v) is 4.34.